The second kappa shape index (κ2) is 4.99. The van der Waals surface area contributed by atoms with E-state index in [1.54, 1.807) is 0 Å². The van der Waals surface area contributed by atoms with Crippen LogP contribution in [-0.2, 0) is 6.18 Å². The van der Waals surface area contributed by atoms with Gasteiger partial charge in [-0.15, -0.1) is 0 Å². The zero-order valence-corrected chi connectivity index (χ0v) is 9.71. The van der Waals surface area contributed by atoms with Crippen LogP contribution in [0, 0.1) is 11.6 Å². The van der Waals surface area contributed by atoms with Crippen LogP contribution >= 0.6 is 0 Å². The van der Waals surface area contributed by atoms with Crippen molar-refractivity contribution in [3.05, 3.63) is 65.0 Å². The number of ketones is 1. The highest BCUT2D eigenvalue weighted by molar-refractivity contribution is 6.10. The summed E-state index contributed by atoms with van der Waals surface area (Å²) in [5.74, 6) is -3.34. The number of hydrogen-bond donors (Lipinski definition) is 0. The van der Waals surface area contributed by atoms with Crippen LogP contribution < -0.4 is 0 Å². The molecule has 1 aromatic heterocycles. The third-order valence-corrected chi connectivity index (χ3v) is 2.55. The number of rotatable bonds is 2. The van der Waals surface area contributed by atoms with Crippen LogP contribution in [0.1, 0.15) is 21.5 Å². The minimum atomic E-state index is -4.85. The molecule has 0 spiro atoms. The minimum Gasteiger partial charge on any atom is -0.288 e. The quantitative estimate of drug-likeness (QED) is 0.624. The Hall–Kier alpha value is -2.31. The first-order chi connectivity index (χ1) is 9.30. The minimum absolute atomic E-state index is 0.436. The van der Waals surface area contributed by atoms with Crippen molar-refractivity contribution in [1.82, 2.24) is 4.98 Å². The number of nitrogens with zero attached hydrogens (tertiary/aromatic N) is 1. The molecule has 2 nitrogen and oxygen atoms in total. The van der Waals surface area contributed by atoms with E-state index in [9.17, 15) is 26.7 Å². The number of aromatic nitrogens is 1. The Morgan fingerprint density at radius 2 is 1.75 bits per heavy atom. The van der Waals surface area contributed by atoms with Crippen molar-refractivity contribution < 1.29 is 26.7 Å². The van der Waals surface area contributed by atoms with Crippen molar-refractivity contribution in [2.24, 2.45) is 0 Å². The lowest BCUT2D eigenvalue weighted by Crippen LogP contribution is -2.15. The van der Waals surface area contributed by atoms with Gasteiger partial charge >= 0.3 is 6.18 Å². The summed E-state index contributed by atoms with van der Waals surface area (Å²) in [6.45, 7) is 0. The van der Waals surface area contributed by atoms with E-state index in [1.807, 2.05) is 0 Å². The van der Waals surface area contributed by atoms with Gasteiger partial charge in [0.05, 0.1) is 17.3 Å². The highest BCUT2D eigenvalue weighted by atomic mass is 19.4. The van der Waals surface area contributed by atoms with E-state index >= 15 is 0 Å². The number of hydrogen-bond acceptors (Lipinski definition) is 2. The average molecular weight is 287 g/mol. The van der Waals surface area contributed by atoms with Crippen molar-refractivity contribution in [2.75, 3.05) is 0 Å². The monoisotopic (exact) mass is 287 g/mol. The Labute approximate surface area is 109 Å². The lowest BCUT2D eigenvalue weighted by Gasteiger charge is -2.12. The fourth-order valence-electron chi connectivity index (χ4n) is 1.66. The second-order valence-corrected chi connectivity index (χ2v) is 3.87. The molecular formula is C13H6F5NO. The van der Waals surface area contributed by atoms with Crippen LogP contribution in [-0.4, -0.2) is 10.8 Å². The van der Waals surface area contributed by atoms with Gasteiger partial charge in [0, 0.05) is 11.8 Å². The van der Waals surface area contributed by atoms with Crippen molar-refractivity contribution in [1.29, 1.82) is 0 Å². The van der Waals surface area contributed by atoms with Gasteiger partial charge in [-0.2, -0.15) is 13.2 Å². The Kier molecular flexibility index (Phi) is 3.52. The first kappa shape index (κ1) is 14.1. The van der Waals surface area contributed by atoms with Crippen molar-refractivity contribution in [2.45, 2.75) is 6.18 Å². The largest absolute Gasteiger partial charge is 0.417 e. The zero-order valence-electron chi connectivity index (χ0n) is 9.71. The normalized spacial score (nSPS) is 11.4. The number of carbonyl (C=O) groups excluding carboxylic acids is 1. The highest BCUT2D eigenvalue weighted by Gasteiger charge is 2.36. The van der Waals surface area contributed by atoms with Crippen molar-refractivity contribution >= 4 is 5.78 Å². The molecule has 0 aliphatic rings. The molecule has 0 radical (unpaired) electrons. The number of pyridine rings is 1. The molecule has 1 heterocycles. The first-order valence-corrected chi connectivity index (χ1v) is 5.31. The summed E-state index contributed by atoms with van der Waals surface area (Å²) in [6.07, 6.45) is -3.09. The van der Waals surface area contributed by atoms with E-state index in [2.05, 4.69) is 4.98 Å². The van der Waals surface area contributed by atoms with E-state index in [4.69, 9.17) is 0 Å². The summed E-state index contributed by atoms with van der Waals surface area (Å²) >= 11 is 0. The Morgan fingerprint density at radius 1 is 1.05 bits per heavy atom. The van der Waals surface area contributed by atoms with Crippen LogP contribution in [0.2, 0.25) is 0 Å². The van der Waals surface area contributed by atoms with Crippen LogP contribution in [0.15, 0.2) is 36.7 Å². The lowest BCUT2D eigenvalue weighted by atomic mass is 9.98. The van der Waals surface area contributed by atoms with Crippen molar-refractivity contribution in [3.8, 4) is 0 Å². The van der Waals surface area contributed by atoms with E-state index in [-0.39, 0.29) is 0 Å². The van der Waals surface area contributed by atoms with Gasteiger partial charge in [-0.25, -0.2) is 8.78 Å². The molecule has 0 aliphatic carbocycles. The highest BCUT2D eigenvalue weighted by Crippen LogP contribution is 2.33. The van der Waals surface area contributed by atoms with Gasteiger partial charge in [0.25, 0.3) is 0 Å². The number of carbonyl (C=O) groups is 1. The van der Waals surface area contributed by atoms with Crippen LogP contribution in [0.4, 0.5) is 22.0 Å². The molecular weight excluding hydrogens is 281 g/mol. The first-order valence-electron chi connectivity index (χ1n) is 5.31. The van der Waals surface area contributed by atoms with Crippen LogP contribution in [0.5, 0.6) is 0 Å². The molecule has 0 amide bonds. The predicted molar refractivity (Wildman–Crippen MR) is 59.0 cm³/mol. The van der Waals surface area contributed by atoms with E-state index in [1.165, 1.54) is 0 Å². The van der Waals surface area contributed by atoms with Gasteiger partial charge in [-0.05, 0) is 24.3 Å². The summed E-state index contributed by atoms with van der Waals surface area (Å²) in [6, 6.07) is 2.40. The van der Waals surface area contributed by atoms with Crippen molar-refractivity contribution in [3.63, 3.8) is 0 Å². The molecule has 2 rings (SSSR count). The molecule has 104 valence electrons. The molecule has 0 saturated carbocycles. The van der Waals surface area contributed by atoms with Gasteiger partial charge in [0.15, 0.2) is 11.6 Å². The molecule has 0 saturated heterocycles. The van der Waals surface area contributed by atoms with E-state index < -0.39 is 40.3 Å². The molecule has 0 fully saturated rings. The molecule has 2 aromatic rings. The Balaban J connectivity index is 2.61. The van der Waals surface area contributed by atoms with Gasteiger partial charge in [-0.1, -0.05) is 0 Å². The predicted octanol–water partition coefficient (Wildman–Crippen LogP) is 3.61. The molecule has 0 bridgehead atoms. The summed E-state index contributed by atoms with van der Waals surface area (Å²) < 4.78 is 64.8. The Morgan fingerprint density at radius 3 is 2.35 bits per heavy atom. The topological polar surface area (TPSA) is 30.0 Å². The lowest BCUT2D eigenvalue weighted by molar-refractivity contribution is -0.137. The maximum Gasteiger partial charge on any atom is 0.417 e. The summed E-state index contributed by atoms with van der Waals surface area (Å²) in [7, 11) is 0. The fraction of sp³-hybridized carbons (Fsp3) is 0.0769. The third kappa shape index (κ3) is 2.66. The number of halogens is 5. The van der Waals surface area contributed by atoms with Crippen LogP contribution in [0.3, 0.4) is 0 Å². The van der Waals surface area contributed by atoms with E-state index in [0.717, 1.165) is 12.3 Å². The number of benzene rings is 1. The second-order valence-electron chi connectivity index (χ2n) is 3.87. The maximum atomic E-state index is 13.4. The standard InChI is InChI=1S/C13H6F5NO/c14-7-1-2-10(13(16,17)18)9(5-7)12(20)8-3-4-19-6-11(8)15/h1-6H. The van der Waals surface area contributed by atoms with Gasteiger partial charge < -0.3 is 0 Å². The van der Waals surface area contributed by atoms with Crippen LogP contribution in [0.25, 0.3) is 0 Å². The Bertz CT molecular complexity index is 666. The smallest absolute Gasteiger partial charge is 0.288 e. The average Bonchev–Trinajstić information content (AvgIpc) is 2.37. The maximum absolute atomic E-state index is 13.4. The summed E-state index contributed by atoms with van der Waals surface area (Å²) in [5.41, 5.74) is -2.86. The van der Waals surface area contributed by atoms with Gasteiger partial charge in [-0.3, -0.25) is 9.78 Å². The van der Waals surface area contributed by atoms with E-state index in [0.29, 0.717) is 24.4 Å². The molecule has 20 heavy (non-hydrogen) atoms. The number of alkyl halides is 3. The van der Waals surface area contributed by atoms with Gasteiger partial charge in [0.1, 0.15) is 5.82 Å². The molecule has 0 N–H and O–H groups in total. The summed E-state index contributed by atoms with van der Waals surface area (Å²) in [5, 5.41) is 0. The molecule has 7 heteroatoms. The zero-order chi connectivity index (χ0) is 14.9. The third-order valence-electron chi connectivity index (χ3n) is 2.55. The molecule has 0 aliphatic heterocycles. The molecule has 0 unspecified atom stereocenters. The SMILES string of the molecule is O=C(c1ccncc1F)c1cc(F)ccc1C(F)(F)F. The summed E-state index contributed by atoms with van der Waals surface area (Å²) in [4.78, 5) is 15.3. The van der Waals surface area contributed by atoms with Gasteiger partial charge in [0.2, 0.25) is 0 Å². The fourth-order valence-corrected chi connectivity index (χ4v) is 1.66. The molecule has 1 aromatic carbocycles. The molecule has 0 atom stereocenters.